The van der Waals surface area contributed by atoms with E-state index in [4.69, 9.17) is 37.4 Å². The quantitative estimate of drug-likeness (QED) is 0.307. The molecular weight excluding hydrogens is 534 g/mol. The number of fused-ring (bicyclic) bond motifs is 3. The number of piperidine rings is 2. The normalized spacial score (nSPS) is 24.1. The minimum Gasteiger partial charge on any atom is -0.486 e. The summed E-state index contributed by atoms with van der Waals surface area (Å²) in [5, 5.41) is 3.58. The molecule has 38 heavy (non-hydrogen) atoms. The van der Waals surface area contributed by atoms with E-state index in [0.29, 0.717) is 54.5 Å². The van der Waals surface area contributed by atoms with Gasteiger partial charge in [-0.2, -0.15) is 0 Å². The summed E-state index contributed by atoms with van der Waals surface area (Å²) >= 11 is 11.9. The minimum absolute atomic E-state index is 0.0583. The SMILES string of the molecule is C=CC(=O)N1CC2C[C@@H](C1)C2Oc1cc2c(Nc3ccc(Cl)c(Cl)c3F)ncnc2cc1OC1CCOC1. The van der Waals surface area contributed by atoms with Crippen molar-refractivity contribution < 1.29 is 23.4 Å². The number of nitrogens with zero attached hydrogens (tertiary/aromatic N) is 3. The zero-order valence-corrected chi connectivity index (χ0v) is 21.8. The molecule has 4 atom stereocenters. The maximum atomic E-state index is 14.8. The van der Waals surface area contributed by atoms with Crippen molar-refractivity contribution in [2.75, 3.05) is 31.6 Å². The molecule has 2 bridgehead atoms. The number of amides is 1. The number of ether oxygens (including phenoxy) is 3. The summed E-state index contributed by atoms with van der Waals surface area (Å²) in [6.45, 7) is 5.98. The number of halogens is 3. The Labute approximate surface area is 228 Å². The number of hydrogen-bond acceptors (Lipinski definition) is 7. The molecule has 1 amide bonds. The van der Waals surface area contributed by atoms with Crippen LogP contribution >= 0.6 is 23.2 Å². The Morgan fingerprint density at radius 2 is 1.97 bits per heavy atom. The first kappa shape index (κ1) is 25.2. The Morgan fingerprint density at radius 1 is 1.18 bits per heavy atom. The van der Waals surface area contributed by atoms with Crippen LogP contribution in [0, 0.1) is 17.7 Å². The largest absolute Gasteiger partial charge is 0.486 e. The monoisotopic (exact) mass is 558 g/mol. The van der Waals surface area contributed by atoms with E-state index in [0.717, 1.165) is 12.8 Å². The highest BCUT2D eigenvalue weighted by Gasteiger charge is 2.49. The minimum atomic E-state index is -0.676. The third-order valence-corrected chi connectivity index (χ3v) is 8.15. The molecule has 3 saturated heterocycles. The molecule has 3 aromatic rings. The van der Waals surface area contributed by atoms with E-state index in [1.54, 1.807) is 0 Å². The van der Waals surface area contributed by atoms with Crippen LogP contribution in [-0.2, 0) is 9.53 Å². The molecule has 1 N–H and O–H groups in total. The van der Waals surface area contributed by atoms with Gasteiger partial charge in [0, 0.05) is 42.8 Å². The molecular formula is C27H25Cl2FN4O4. The van der Waals surface area contributed by atoms with Crippen LogP contribution in [0.25, 0.3) is 10.9 Å². The molecule has 4 heterocycles. The van der Waals surface area contributed by atoms with Gasteiger partial charge < -0.3 is 24.4 Å². The van der Waals surface area contributed by atoms with Gasteiger partial charge in [0.2, 0.25) is 5.91 Å². The van der Waals surface area contributed by atoms with Gasteiger partial charge in [0.05, 0.1) is 34.5 Å². The van der Waals surface area contributed by atoms with Gasteiger partial charge in [-0.25, -0.2) is 14.4 Å². The lowest BCUT2D eigenvalue weighted by Gasteiger charge is -2.52. The summed E-state index contributed by atoms with van der Waals surface area (Å²) in [7, 11) is 0. The predicted molar refractivity (Wildman–Crippen MR) is 142 cm³/mol. The average Bonchev–Trinajstić information content (AvgIpc) is 3.45. The smallest absolute Gasteiger partial charge is 0.245 e. The van der Waals surface area contributed by atoms with Crippen molar-refractivity contribution in [2.24, 2.45) is 11.8 Å². The highest BCUT2D eigenvalue weighted by molar-refractivity contribution is 6.42. The van der Waals surface area contributed by atoms with Gasteiger partial charge in [-0.05, 0) is 30.7 Å². The van der Waals surface area contributed by atoms with E-state index in [9.17, 15) is 9.18 Å². The van der Waals surface area contributed by atoms with Crippen LogP contribution in [0.3, 0.4) is 0 Å². The highest BCUT2D eigenvalue weighted by Crippen LogP contribution is 2.45. The molecule has 4 fully saturated rings. The fourth-order valence-electron chi connectivity index (χ4n) is 5.38. The Morgan fingerprint density at radius 3 is 2.71 bits per heavy atom. The van der Waals surface area contributed by atoms with E-state index in [1.807, 2.05) is 17.0 Å². The van der Waals surface area contributed by atoms with Crippen molar-refractivity contribution in [1.29, 1.82) is 0 Å². The van der Waals surface area contributed by atoms with Gasteiger partial charge in [-0.15, -0.1) is 0 Å². The van der Waals surface area contributed by atoms with Crippen LogP contribution in [0.2, 0.25) is 10.0 Å². The number of rotatable bonds is 7. The van der Waals surface area contributed by atoms with Crippen molar-refractivity contribution in [1.82, 2.24) is 14.9 Å². The van der Waals surface area contributed by atoms with Crippen molar-refractivity contribution in [3.63, 3.8) is 0 Å². The molecule has 2 aromatic carbocycles. The summed E-state index contributed by atoms with van der Waals surface area (Å²) in [5.74, 6) is 1.17. The molecule has 1 saturated carbocycles. The van der Waals surface area contributed by atoms with Gasteiger partial charge in [0.25, 0.3) is 0 Å². The fraction of sp³-hybridized carbons (Fsp3) is 0.370. The lowest BCUT2D eigenvalue weighted by molar-refractivity contribution is -0.142. The van der Waals surface area contributed by atoms with Crippen LogP contribution in [-0.4, -0.2) is 59.3 Å². The van der Waals surface area contributed by atoms with E-state index < -0.39 is 5.82 Å². The maximum Gasteiger partial charge on any atom is 0.245 e. The summed E-state index contributed by atoms with van der Waals surface area (Å²) in [4.78, 5) is 22.7. The molecule has 1 aliphatic carbocycles. The van der Waals surface area contributed by atoms with E-state index in [1.165, 1.54) is 24.5 Å². The second-order valence-corrected chi connectivity index (χ2v) is 10.6. The van der Waals surface area contributed by atoms with E-state index in [-0.39, 0.29) is 45.7 Å². The maximum absolute atomic E-state index is 14.8. The summed E-state index contributed by atoms with van der Waals surface area (Å²) in [5.41, 5.74) is 0.728. The zero-order valence-electron chi connectivity index (χ0n) is 20.3. The van der Waals surface area contributed by atoms with Gasteiger partial charge in [0.15, 0.2) is 17.3 Å². The first-order valence-corrected chi connectivity index (χ1v) is 13.2. The molecule has 7 rings (SSSR count). The Hall–Kier alpha value is -3.14. The van der Waals surface area contributed by atoms with Crippen LogP contribution < -0.4 is 14.8 Å². The molecule has 3 aliphatic heterocycles. The van der Waals surface area contributed by atoms with Crippen molar-refractivity contribution in [3.05, 3.63) is 59.1 Å². The Kier molecular flexibility index (Phi) is 6.75. The zero-order chi connectivity index (χ0) is 26.4. The molecule has 198 valence electrons. The first-order valence-electron chi connectivity index (χ1n) is 12.4. The molecule has 0 radical (unpaired) electrons. The van der Waals surface area contributed by atoms with Gasteiger partial charge in [-0.1, -0.05) is 29.8 Å². The average molecular weight is 559 g/mol. The van der Waals surface area contributed by atoms with Gasteiger partial charge in [0.1, 0.15) is 24.4 Å². The number of carbonyl (C=O) groups excluding carboxylic acids is 1. The second kappa shape index (κ2) is 10.2. The van der Waals surface area contributed by atoms with Crippen LogP contribution in [0.1, 0.15) is 12.8 Å². The molecule has 4 aliphatic rings. The molecule has 8 nitrogen and oxygen atoms in total. The van der Waals surface area contributed by atoms with E-state index in [2.05, 4.69) is 21.9 Å². The lowest BCUT2D eigenvalue weighted by atomic mass is 9.68. The third kappa shape index (κ3) is 4.63. The molecule has 1 aromatic heterocycles. The molecule has 3 unspecified atom stereocenters. The van der Waals surface area contributed by atoms with Crippen molar-refractivity contribution >= 4 is 51.5 Å². The number of aromatic nitrogens is 2. The highest BCUT2D eigenvalue weighted by atomic mass is 35.5. The first-order chi connectivity index (χ1) is 18.4. The predicted octanol–water partition coefficient (Wildman–Crippen LogP) is 5.40. The van der Waals surface area contributed by atoms with Crippen molar-refractivity contribution in [3.8, 4) is 11.5 Å². The van der Waals surface area contributed by atoms with Gasteiger partial charge >= 0.3 is 0 Å². The number of anilines is 2. The molecule has 11 heteroatoms. The summed E-state index contributed by atoms with van der Waals surface area (Å²) in [6, 6.07) is 6.64. The number of nitrogens with one attached hydrogen (secondary N) is 1. The summed E-state index contributed by atoms with van der Waals surface area (Å²) < 4.78 is 33.1. The van der Waals surface area contributed by atoms with E-state index >= 15 is 0 Å². The number of carbonyl (C=O) groups is 1. The molecule has 0 spiro atoms. The third-order valence-electron chi connectivity index (χ3n) is 7.36. The van der Waals surface area contributed by atoms with Crippen LogP contribution in [0.4, 0.5) is 15.9 Å². The second-order valence-electron chi connectivity index (χ2n) is 9.78. The van der Waals surface area contributed by atoms with Gasteiger partial charge in [-0.3, -0.25) is 4.79 Å². The standard InChI is InChI=1S/C27H25Cl2FN4O4/c1-2-23(35)34-10-14-7-15(11-34)26(14)38-21-8-17-20(9-22(21)37-16-5-6-36-12-16)31-13-32-27(17)33-19-4-3-18(28)24(29)25(19)30/h2-4,8-9,13-16,26H,1,5-7,10-12H2,(H,31,32,33)/t14-,15?,16?,26?/m0/s1. The van der Waals surface area contributed by atoms with Crippen LogP contribution in [0.15, 0.2) is 43.2 Å². The Balaban J connectivity index is 1.34. The lowest BCUT2D eigenvalue weighted by Crippen LogP contribution is -2.61. The number of benzene rings is 2. The Bertz CT molecular complexity index is 1410. The topological polar surface area (TPSA) is 85.8 Å². The van der Waals surface area contributed by atoms with Crippen molar-refractivity contribution in [2.45, 2.75) is 25.0 Å². The number of hydrogen-bond donors (Lipinski definition) is 1. The van der Waals surface area contributed by atoms with Crippen LogP contribution in [0.5, 0.6) is 11.5 Å². The fourth-order valence-corrected chi connectivity index (χ4v) is 5.69. The summed E-state index contributed by atoms with van der Waals surface area (Å²) in [6.07, 6.45) is 4.37.